The smallest absolute Gasteiger partial charge is 0.271 e. The van der Waals surface area contributed by atoms with Crippen molar-refractivity contribution in [1.29, 1.82) is 0 Å². The molecule has 0 fully saturated rings. The van der Waals surface area contributed by atoms with Crippen LogP contribution in [0.1, 0.15) is 22.8 Å². The third-order valence-corrected chi connectivity index (χ3v) is 5.76. The van der Waals surface area contributed by atoms with Crippen molar-refractivity contribution in [2.45, 2.75) is 25.7 Å². The molecule has 0 saturated carbocycles. The molecule has 0 aliphatic heterocycles. The molecule has 0 radical (unpaired) electrons. The van der Waals surface area contributed by atoms with E-state index in [4.69, 9.17) is 4.74 Å². The lowest BCUT2D eigenvalue weighted by Crippen LogP contribution is -2.30. The van der Waals surface area contributed by atoms with Crippen LogP contribution in [0.2, 0.25) is 0 Å². The summed E-state index contributed by atoms with van der Waals surface area (Å²) in [5.74, 6) is 0. The maximum atomic E-state index is 12.5. The third kappa shape index (κ3) is 4.29. The molecule has 2 unspecified atom stereocenters. The first-order valence-corrected chi connectivity index (χ1v) is 10.3. The van der Waals surface area contributed by atoms with Crippen molar-refractivity contribution in [3.63, 3.8) is 0 Å². The molecule has 0 aliphatic rings. The third-order valence-electron chi connectivity index (χ3n) is 4.87. The molecule has 4 aromatic rings. The summed E-state index contributed by atoms with van der Waals surface area (Å²) in [7, 11) is 0. The van der Waals surface area contributed by atoms with E-state index in [0.29, 0.717) is 10.2 Å². The Hall–Kier alpha value is -2.80. The van der Waals surface area contributed by atoms with Gasteiger partial charge >= 0.3 is 0 Å². The lowest BCUT2D eigenvalue weighted by atomic mass is 9.97. The molecule has 2 heterocycles. The van der Waals surface area contributed by atoms with Gasteiger partial charge in [0.05, 0.1) is 31.1 Å². The van der Waals surface area contributed by atoms with Gasteiger partial charge in [0.1, 0.15) is 10.8 Å². The van der Waals surface area contributed by atoms with Gasteiger partial charge in [0.2, 0.25) is 0 Å². The van der Waals surface area contributed by atoms with Crippen LogP contribution < -0.4 is 5.56 Å². The van der Waals surface area contributed by atoms with E-state index in [-0.39, 0.29) is 24.8 Å². The first-order valence-electron chi connectivity index (χ1n) is 9.46. The molecule has 148 valence electrons. The van der Waals surface area contributed by atoms with Gasteiger partial charge < -0.3 is 9.84 Å². The topological polar surface area (TPSA) is 64.3 Å². The number of aryl methyl sites for hydroxylation is 1. The van der Waals surface area contributed by atoms with Gasteiger partial charge in [-0.1, -0.05) is 54.6 Å². The van der Waals surface area contributed by atoms with Gasteiger partial charge in [0.25, 0.3) is 5.56 Å². The molecule has 5 nitrogen and oxygen atoms in total. The number of nitrogens with zero attached hydrogens (tertiary/aromatic N) is 2. The normalized spacial score (nSPS) is 13.4. The van der Waals surface area contributed by atoms with E-state index < -0.39 is 6.10 Å². The monoisotopic (exact) mass is 406 g/mol. The van der Waals surface area contributed by atoms with Crippen LogP contribution in [0.15, 0.2) is 77.2 Å². The van der Waals surface area contributed by atoms with E-state index in [1.54, 1.807) is 0 Å². The summed E-state index contributed by atoms with van der Waals surface area (Å²) in [6.45, 7) is 2.28. The standard InChI is InChI=1S/C23H22N2O3S/c1-16-7-5-6-10-19(16)21(17-8-3-2-4-9-17)28-14-18(26)13-25-15-24-20-11-12-29-22(20)23(25)27/h2-12,15,18,21,26H,13-14H2,1H3. The number of fused-ring (bicyclic) bond motifs is 1. The van der Waals surface area contributed by atoms with Crippen LogP contribution in [-0.2, 0) is 11.3 Å². The van der Waals surface area contributed by atoms with Crippen molar-refractivity contribution in [2.75, 3.05) is 6.61 Å². The van der Waals surface area contributed by atoms with E-state index in [2.05, 4.69) is 4.98 Å². The summed E-state index contributed by atoms with van der Waals surface area (Å²) in [5.41, 5.74) is 3.75. The Morgan fingerprint density at radius 1 is 1.10 bits per heavy atom. The Bertz CT molecular complexity index is 1150. The Balaban J connectivity index is 1.51. The zero-order chi connectivity index (χ0) is 20.2. The Morgan fingerprint density at radius 3 is 2.66 bits per heavy atom. The van der Waals surface area contributed by atoms with Gasteiger partial charge in [-0.15, -0.1) is 11.3 Å². The highest BCUT2D eigenvalue weighted by Gasteiger charge is 2.19. The summed E-state index contributed by atoms with van der Waals surface area (Å²) in [6.07, 6.45) is 0.361. The molecule has 4 rings (SSSR count). The molecule has 2 aromatic carbocycles. The highest BCUT2D eigenvalue weighted by molar-refractivity contribution is 7.17. The van der Waals surface area contributed by atoms with Crippen LogP contribution in [0.4, 0.5) is 0 Å². The van der Waals surface area contributed by atoms with Gasteiger partial charge in [-0.05, 0) is 35.1 Å². The van der Waals surface area contributed by atoms with Crippen molar-refractivity contribution in [1.82, 2.24) is 9.55 Å². The largest absolute Gasteiger partial charge is 0.389 e. The zero-order valence-electron chi connectivity index (χ0n) is 16.1. The van der Waals surface area contributed by atoms with Crippen molar-refractivity contribution in [3.05, 3.63) is 99.4 Å². The first-order chi connectivity index (χ1) is 14.1. The Morgan fingerprint density at radius 2 is 1.86 bits per heavy atom. The van der Waals surface area contributed by atoms with E-state index in [0.717, 1.165) is 16.7 Å². The molecule has 0 spiro atoms. The fraction of sp³-hybridized carbons (Fsp3) is 0.217. The predicted molar refractivity (Wildman–Crippen MR) is 115 cm³/mol. The van der Waals surface area contributed by atoms with Crippen molar-refractivity contribution >= 4 is 21.6 Å². The number of rotatable bonds is 7. The minimum absolute atomic E-state index is 0.100. The van der Waals surface area contributed by atoms with Crippen LogP contribution >= 0.6 is 11.3 Å². The van der Waals surface area contributed by atoms with Crippen LogP contribution in [0, 0.1) is 6.92 Å². The van der Waals surface area contributed by atoms with Gasteiger partial charge in [-0.25, -0.2) is 4.98 Å². The van der Waals surface area contributed by atoms with Crippen molar-refractivity contribution in [2.24, 2.45) is 0 Å². The van der Waals surface area contributed by atoms with Gasteiger partial charge in [0, 0.05) is 0 Å². The number of aromatic nitrogens is 2. The summed E-state index contributed by atoms with van der Waals surface area (Å²) < 4.78 is 8.20. The average Bonchev–Trinajstić information content (AvgIpc) is 3.22. The minimum Gasteiger partial charge on any atom is -0.389 e. The summed E-state index contributed by atoms with van der Waals surface area (Å²) >= 11 is 1.36. The highest BCUT2D eigenvalue weighted by Crippen LogP contribution is 2.28. The van der Waals surface area contributed by atoms with Gasteiger partial charge in [-0.2, -0.15) is 0 Å². The second-order valence-corrected chi connectivity index (χ2v) is 7.89. The first kappa shape index (κ1) is 19.5. The second-order valence-electron chi connectivity index (χ2n) is 6.97. The van der Waals surface area contributed by atoms with E-state index in [9.17, 15) is 9.90 Å². The van der Waals surface area contributed by atoms with Crippen LogP contribution in [-0.4, -0.2) is 27.4 Å². The predicted octanol–water partition coefficient (Wildman–Crippen LogP) is 3.93. The molecule has 0 aliphatic carbocycles. The Kier molecular flexibility index (Phi) is 5.85. The number of aliphatic hydroxyl groups is 1. The quantitative estimate of drug-likeness (QED) is 0.505. The second kappa shape index (κ2) is 8.69. The summed E-state index contributed by atoms with van der Waals surface area (Å²) in [6, 6.07) is 19.8. The molecule has 0 bridgehead atoms. The van der Waals surface area contributed by atoms with E-state index in [1.165, 1.54) is 22.2 Å². The fourth-order valence-electron chi connectivity index (χ4n) is 3.37. The average molecular weight is 407 g/mol. The molecular weight excluding hydrogens is 384 g/mol. The maximum Gasteiger partial charge on any atom is 0.271 e. The van der Waals surface area contributed by atoms with E-state index >= 15 is 0 Å². The molecule has 2 atom stereocenters. The van der Waals surface area contributed by atoms with Crippen LogP contribution in [0.3, 0.4) is 0 Å². The summed E-state index contributed by atoms with van der Waals surface area (Å²) in [4.78, 5) is 16.8. The lowest BCUT2D eigenvalue weighted by molar-refractivity contribution is -0.00118. The highest BCUT2D eigenvalue weighted by atomic mass is 32.1. The molecule has 6 heteroatoms. The molecule has 1 N–H and O–H groups in total. The SMILES string of the molecule is Cc1ccccc1C(OCC(O)Cn1cnc2ccsc2c1=O)c1ccccc1. The number of hydrogen-bond acceptors (Lipinski definition) is 5. The molecule has 0 amide bonds. The molecular formula is C23H22N2O3S. The molecule has 0 saturated heterocycles. The summed E-state index contributed by atoms with van der Waals surface area (Å²) in [5, 5.41) is 12.4. The van der Waals surface area contributed by atoms with Crippen molar-refractivity contribution in [3.8, 4) is 0 Å². The van der Waals surface area contributed by atoms with Crippen LogP contribution in [0.25, 0.3) is 10.2 Å². The minimum atomic E-state index is -0.831. The fourth-order valence-corrected chi connectivity index (χ4v) is 4.16. The number of thiophene rings is 1. The van der Waals surface area contributed by atoms with Gasteiger partial charge in [-0.3, -0.25) is 9.36 Å². The zero-order valence-corrected chi connectivity index (χ0v) is 16.9. The van der Waals surface area contributed by atoms with E-state index in [1.807, 2.05) is 73.0 Å². The molecule has 29 heavy (non-hydrogen) atoms. The number of aliphatic hydroxyl groups excluding tert-OH is 1. The number of hydrogen-bond donors (Lipinski definition) is 1. The lowest BCUT2D eigenvalue weighted by Gasteiger charge is -2.22. The number of benzene rings is 2. The number of ether oxygens (including phenoxy) is 1. The van der Waals surface area contributed by atoms with Crippen molar-refractivity contribution < 1.29 is 9.84 Å². The van der Waals surface area contributed by atoms with Crippen LogP contribution in [0.5, 0.6) is 0 Å². The molecule has 2 aromatic heterocycles. The maximum absolute atomic E-state index is 12.5. The Labute approximate surface area is 172 Å². The van der Waals surface area contributed by atoms with Gasteiger partial charge in [0.15, 0.2) is 0 Å².